The van der Waals surface area contributed by atoms with Gasteiger partial charge < -0.3 is 20.3 Å². The number of hydrogen-bond donors (Lipinski definition) is 3. The highest BCUT2D eigenvalue weighted by Crippen LogP contribution is 2.77. The molecule has 3 N–H and O–H groups in total. The van der Waals surface area contributed by atoms with Crippen molar-refractivity contribution in [2.75, 3.05) is 0 Å². The second kappa shape index (κ2) is 12.1. The number of esters is 1. The van der Waals surface area contributed by atoms with Crippen molar-refractivity contribution in [3.8, 4) is 0 Å². The van der Waals surface area contributed by atoms with Crippen molar-refractivity contribution < 1.29 is 34.1 Å². The molecule has 1 amide bonds. The molecule has 7 aliphatic rings. The number of nitrogens with one attached hydrogen (secondary N) is 1. The lowest BCUT2D eigenvalue weighted by Crippen LogP contribution is -2.68. The van der Waals surface area contributed by atoms with Gasteiger partial charge in [-0.15, -0.1) is 0 Å². The van der Waals surface area contributed by atoms with Crippen LogP contribution in [0.15, 0.2) is 12.2 Å². The molecule has 0 aromatic rings. The fourth-order valence-electron chi connectivity index (χ4n) is 15.6. The van der Waals surface area contributed by atoms with E-state index in [-0.39, 0.29) is 57.5 Å². The lowest BCUT2D eigenvalue weighted by molar-refractivity contribution is -0.251. The fraction of sp³-hybridized carbons (Fsp3) is 0.867. The molecular formula is C45H69NO7. The van der Waals surface area contributed by atoms with Gasteiger partial charge in [-0.2, -0.15) is 0 Å². The number of carbonyl (C=O) groups excluding carboxylic acids is 2. The molecule has 8 nitrogen and oxygen atoms in total. The van der Waals surface area contributed by atoms with E-state index in [0.29, 0.717) is 36.5 Å². The van der Waals surface area contributed by atoms with Crippen molar-refractivity contribution in [3.05, 3.63) is 12.2 Å². The third-order valence-corrected chi connectivity index (χ3v) is 19.4. The van der Waals surface area contributed by atoms with Gasteiger partial charge >= 0.3 is 17.9 Å². The van der Waals surface area contributed by atoms with E-state index in [2.05, 4.69) is 53.4 Å². The van der Waals surface area contributed by atoms with Crippen LogP contribution in [0.1, 0.15) is 146 Å². The topological polar surface area (TPSA) is 130 Å². The summed E-state index contributed by atoms with van der Waals surface area (Å²) in [4.78, 5) is 52.0. The largest absolute Gasteiger partial charge is 0.481 e. The Labute approximate surface area is 318 Å². The van der Waals surface area contributed by atoms with Gasteiger partial charge in [0.1, 0.15) is 6.10 Å². The van der Waals surface area contributed by atoms with Gasteiger partial charge in [0.2, 0.25) is 5.91 Å². The average Bonchev–Trinajstić information content (AvgIpc) is 3.45. The first-order valence-electron chi connectivity index (χ1n) is 21.0. The summed E-state index contributed by atoms with van der Waals surface area (Å²) in [5.74, 6) is -1.06. The molecule has 53 heavy (non-hydrogen) atoms. The molecule has 0 bridgehead atoms. The normalized spacial score (nSPS) is 48.6. The predicted molar refractivity (Wildman–Crippen MR) is 203 cm³/mol. The van der Waals surface area contributed by atoms with Gasteiger partial charge in [0, 0.05) is 11.5 Å². The molecule has 7 saturated carbocycles. The minimum atomic E-state index is -0.829. The maximum Gasteiger partial charge on any atom is 0.309 e. The molecule has 7 fully saturated rings. The minimum Gasteiger partial charge on any atom is -0.481 e. The minimum absolute atomic E-state index is 0.0739. The van der Waals surface area contributed by atoms with Crippen LogP contribution in [0.4, 0.5) is 0 Å². The Morgan fingerprint density at radius 1 is 0.660 bits per heavy atom. The highest BCUT2D eigenvalue weighted by Gasteiger charge is 2.72. The van der Waals surface area contributed by atoms with Gasteiger partial charge in [-0.05, 0) is 141 Å². The molecule has 0 saturated heterocycles. The van der Waals surface area contributed by atoms with E-state index in [1.807, 2.05) is 27.7 Å². The molecule has 14 atom stereocenters. The van der Waals surface area contributed by atoms with E-state index in [1.54, 1.807) is 0 Å². The van der Waals surface area contributed by atoms with Gasteiger partial charge in [-0.25, -0.2) is 0 Å². The summed E-state index contributed by atoms with van der Waals surface area (Å²) in [6.07, 6.45) is 10.8. The molecule has 7 rings (SSSR count). The van der Waals surface area contributed by atoms with Crippen LogP contribution in [-0.4, -0.2) is 46.2 Å². The van der Waals surface area contributed by atoms with Gasteiger partial charge in [0.05, 0.1) is 23.2 Å². The molecule has 0 heterocycles. The molecule has 8 heteroatoms. The van der Waals surface area contributed by atoms with Crippen molar-refractivity contribution in [3.63, 3.8) is 0 Å². The molecule has 0 radical (unpaired) electrons. The van der Waals surface area contributed by atoms with Gasteiger partial charge in [-0.3, -0.25) is 19.2 Å². The maximum atomic E-state index is 14.7. The van der Waals surface area contributed by atoms with Gasteiger partial charge in [-0.1, -0.05) is 74.5 Å². The first kappa shape index (κ1) is 38.9. The summed E-state index contributed by atoms with van der Waals surface area (Å²) in [6.45, 7) is 26.8. The molecule has 0 spiro atoms. The van der Waals surface area contributed by atoms with E-state index in [0.717, 1.165) is 64.2 Å². The van der Waals surface area contributed by atoms with Crippen LogP contribution >= 0.6 is 0 Å². The first-order chi connectivity index (χ1) is 24.4. The highest BCUT2D eigenvalue weighted by molar-refractivity contribution is 5.85. The molecular weight excluding hydrogens is 666 g/mol. The summed E-state index contributed by atoms with van der Waals surface area (Å²) in [5, 5.41) is 22.9. The zero-order valence-corrected chi connectivity index (χ0v) is 34.4. The fourth-order valence-corrected chi connectivity index (χ4v) is 15.6. The standard InChI is InChI=1S/C45H69NO7/c1-24(2)25-14-19-45(38(52)46-32-23-28(36(49)50)40(32,5)6)21-20-43(10)26(34(25)45)12-13-31-42(9)17-16-33(41(7,8)30(42)15-18-44(31,43)11)53-37(51)29-22-27(35(47)48)39(29,3)4/h25-34H,1,12-23H2,2-11H3,(H,46,52)(H,47,48)(H,49,50)/t25-,26+,27-,28+,29+,30-,31+,32+,33-,34+,42-,43+,44+,45-/m0/s1. The van der Waals surface area contributed by atoms with E-state index < -0.39 is 40.0 Å². The summed E-state index contributed by atoms with van der Waals surface area (Å²) < 4.78 is 6.41. The summed E-state index contributed by atoms with van der Waals surface area (Å²) in [6, 6.07) is -0.119. The summed E-state index contributed by atoms with van der Waals surface area (Å²) >= 11 is 0. The van der Waals surface area contributed by atoms with Gasteiger partial charge in [0.15, 0.2) is 0 Å². The lowest BCUT2D eigenvalue weighted by atomic mass is 9.32. The molecule has 0 aromatic heterocycles. The average molecular weight is 736 g/mol. The number of fused-ring (bicyclic) bond motifs is 7. The first-order valence-corrected chi connectivity index (χ1v) is 21.0. The predicted octanol–water partition coefficient (Wildman–Crippen LogP) is 8.92. The quantitative estimate of drug-likeness (QED) is 0.176. The maximum absolute atomic E-state index is 14.7. The zero-order valence-electron chi connectivity index (χ0n) is 34.4. The van der Waals surface area contributed by atoms with Crippen LogP contribution in [0.5, 0.6) is 0 Å². The Bertz CT molecular complexity index is 1600. The van der Waals surface area contributed by atoms with Crippen LogP contribution in [0, 0.1) is 85.2 Å². The third-order valence-electron chi connectivity index (χ3n) is 19.4. The van der Waals surface area contributed by atoms with E-state index in [1.165, 1.54) is 5.57 Å². The Balaban J connectivity index is 1.12. The monoisotopic (exact) mass is 736 g/mol. The van der Waals surface area contributed by atoms with Gasteiger partial charge in [0.25, 0.3) is 0 Å². The zero-order chi connectivity index (χ0) is 39.1. The molecule has 296 valence electrons. The Kier molecular flexibility index (Phi) is 8.85. The molecule has 0 aliphatic heterocycles. The van der Waals surface area contributed by atoms with Crippen molar-refractivity contribution >= 4 is 23.8 Å². The number of aliphatic carboxylic acids is 2. The molecule has 0 aromatic carbocycles. The number of hydrogen-bond acceptors (Lipinski definition) is 5. The molecule has 0 unspecified atom stereocenters. The summed E-state index contributed by atoms with van der Waals surface area (Å²) in [5.41, 5.74) is -0.226. The highest BCUT2D eigenvalue weighted by atomic mass is 16.5. The molecule has 7 aliphatic carbocycles. The summed E-state index contributed by atoms with van der Waals surface area (Å²) in [7, 11) is 0. The van der Waals surface area contributed by atoms with Crippen LogP contribution in [0.25, 0.3) is 0 Å². The number of carbonyl (C=O) groups is 4. The second-order valence-corrected chi connectivity index (χ2v) is 22.1. The second-order valence-electron chi connectivity index (χ2n) is 22.1. The Hall–Kier alpha value is -2.38. The smallest absolute Gasteiger partial charge is 0.309 e. The third kappa shape index (κ3) is 5.09. The van der Waals surface area contributed by atoms with E-state index >= 15 is 0 Å². The SMILES string of the molecule is C=C(C)[C@@H]1CC[C@]2(C(=O)N[C@@H]3C[C@H](C(=O)O)C3(C)C)CC[C@]3(C)[C@H](CC[C@@H]4[C@@]5(C)CC[C@H](OC(=O)[C@H]6C[C@@H](C(=O)O)C6(C)C)C(C)(C)[C@@H]5CC[C@]43C)[C@@H]12. The lowest BCUT2D eigenvalue weighted by Gasteiger charge is -2.73. The number of carboxylic acids is 2. The number of carboxylic acid groups (broad SMARTS) is 2. The number of ether oxygens (including phenoxy) is 1. The van der Waals surface area contributed by atoms with E-state index in [4.69, 9.17) is 4.74 Å². The number of rotatable bonds is 7. The van der Waals surface area contributed by atoms with Crippen molar-refractivity contribution in [2.45, 2.75) is 158 Å². The Morgan fingerprint density at radius 2 is 1.30 bits per heavy atom. The Morgan fingerprint density at radius 3 is 1.89 bits per heavy atom. The number of allylic oxidation sites excluding steroid dienone is 1. The van der Waals surface area contributed by atoms with Crippen molar-refractivity contribution in [1.29, 1.82) is 0 Å². The van der Waals surface area contributed by atoms with Crippen LogP contribution in [0.2, 0.25) is 0 Å². The van der Waals surface area contributed by atoms with Crippen LogP contribution in [-0.2, 0) is 23.9 Å². The van der Waals surface area contributed by atoms with E-state index in [9.17, 15) is 29.4 Å². The van der Waals surface area contributed by atoms with Crippen LogP contribution < -0.4 is 5.32 Å². The van der Waals surface area contributed by atoms with Crippen molar-refractivity contribution in [1.82, 2.24) is 5.32 Å². The van der Waals surface area contributed by atoms with Crippen molar-refractivity contribution in [2.24, 2.45) is 85.2 Å². The number of amides is 1. The van der Waals surface area contributed by atoms with Crippen LogP contribution in [0.3, 0.4) is 0 Å².